The fourth-order valence-corrected chi connectivity index (χ4v) is 3.10. The maximum Gasteiger partial charge on any atom is 0.212 e. The van der Waals surface area contributed by atoms with Gasteiger partial charge in [0.15, 0.2) is 12.7 Å². The van der Waals surface area contributed by atoms with Crippen LogP contribution < -0.4 is 4.57 Å². The summed E-state index contributed by atoms with van der Waals surface area (Å²) >= 11 is 0. The molecule has 24 heavy (non-hydrogen) atoms. The van der Waals surface area contributed by atoms with Gasteiger partial charge in [0.1, 0.15) is 0 Å². The zero-order valence-corrected chi connectivity index (χ0v) is 13.7. The summed E-state index contributed by atoms with van der Waals surface area (Å²) in [7, 11) is 0. The lowest BCUT2D eigenvalue weighted by molar-refractivity contribution is -0.662. The highest BCUT2D eigenvalue weighted by atomic mass is 14.9. The molecule has 116 valence electrons. The highest BCUT2D eigenvalue weighted by molar-refractivity contribution is 5.84. The van der Waals surface area contributed by atoms with E-state index in [1.807, 2.05) is 12.1 Å². The maximum absolute atomic E-state index is 4.84. The normalized spacial score (nSPS) is 11.0. The minimum absolute atomic E-state index is 0.807. The van der Waals surface area contributed by atoms with Gasteiger partial charge >= 0.3 is 0 Å². The third-order valence-corrected chi connectivity index (χ3v) is 4.19. The molecule has 2 heteroatoms. The van der Waals surface area contributed by atoms with Crippen LogP contribution in [0.15, 0.2) is 85.1 Å². The first kappa shape index (κ1) is 14.6. The molecule has 2 nitrogen and oxygen atoms in total. The SMILES string of the molecule is C=C(C)C[n+]1cc(-c2ccc3ccccc3n2)cc2ccccc21. The van der Waals surface area contributed by atoms with Gasteiger partial charge in [-0.15, -0.1) is 0 Å². The van der Waals surface area contributed by atoms with Crippen LogP contribution in [0.3, 0.4) is 0 Å². The number of para-hydroxylation sites is 2. The number of hydrogen-bond donors (Lipinski definition) is 0. The average Bonchev–Trinajstić information content (AvgIpc) is 2.61. The van der Waals surface area contributed by atoms with Gasteiger partial charge < -0.3 is 0 Å². The van der Waals surface area contributed by atoms with E-state index in [2.05, 4.69) is 78.9 Å². The number of hydrogen-bond acceptors (Lipinski definition) is 1. The molecular weight excluding hydrogens is 292 g/mol. The summed E-state index contributed by atoms with van der Waals surface area (Å²) in [6, 6.07) is 23.1. The van der Waals surface area contributed by atoms with E-state index in [1.54, 1.807) is 0 Å². The molecule has 4 aromatic rings. The van der Waals surface area contributed by atoms with Crippen molar-refractivity contribution >= 4 is 21.8 Å². The van der Waals surface area contributed by atoms with Gasteiger partial charge in [0, 0.05) is 16.8 Å². The molecule has 2 aromatic heterocycles. The van der Waals surface area contributed by atoms with E-state index in [9.17, 15) is 0 Å². The molecule has 0 atom stereocenters. The van der Waals surface area contributed by atoms with E-state index in [1.165, 1.54) is 10.9 Å². The molecule has 0 bridgehead atoms. The molecule has 0 aliphatic carbocycles. The van der Waals surface area contributed by atoms with Gasteiger partial charge in [-0.1, -0.05) is 43.0 Å². The Morgan fingerprint density at radius 2 is 1.71 bits per heavy atom. The minimum Gasteiger partial charge on any atom is -0.248 e. The van der Waals surface area contributed by atoms with E-state index < -0.39 is 0 Å². The predicted octanol–water partition coefficient (Wildman–Crippen LogP) is 4.92. The van der Waals surface area contributed by atoms with Crippen molar-refractivity contribution in [3.8, 4) is 11.3 Å². The number of allylic oxidation sites excluding steroid dienone is 1. The third-order valence-electron chi connectivity index (χ3n) is 4.19. The highest BCUT2D eigenvalue weighted by Crippen LogP contribution is 2.23. The van der Waals surface area contributed by atoms with Crippen molar-refractivity contribution in [3.63, 3.8) is 0 Å². The summed E-state index contributed by atoms with van der Waals surface area (Å²) in [5, 5.41) is 2.38. The van der Waals surface area contributed by atoms with Crippen LogP contribution in [-0.4, -0.2) is 4.98 Å². The van der Waals surface area contributed by atoms with Crippen molar-refractivity contribution in [3.05, 3.63) is 85.1 Å². The Balaban J connectivity index is 1.93. The molecule has 0 unspecified atom stereocenters. The number of nitrogens with zero attached hydrogens (tertiary/aromatic N) is 2. The lowest BCUT2D eigenvalue weighted by Gasteiger charge is -2.06. The molecule has 0 N–H and O–H groups in total. The van der Waals surface area contributed by atoms with Crippen LogP contribution in [-0.2, 0) is 6.54 Å². The molecule has 4 rings (SSSR count). The van der Waals surface area contributed by atoms with Gasteiger partial charge in [0.25, 0.3) is 0 Å². The van der Waals surface area contributed by atoms with Crippen LogP contribution >= 0.6 is 0 Å². The first-order valence-corrected chi connectivity index (χ1v) is 8.13. The van der Waals surface area contributed by atoms with E-state index in [0.29, 0.717) is 0 Å². The fraction of sp³-hybridized carbons (Fsp3) is 0.0909. The fourth-order valence-electron chi connectivity index (χ4n) is 3.10. The number of rotatable bonds is 3. The summed E-state index contributed by atoms with van der Waals surface area (Å²) < 4.78 is 2.25. The minimum atomic E-state index is 0.807. The molecule has 0 aliphatic heterocycles. The Morgan fingerprint density at radius 1 is 0.958 bits per heavy atom. The molecule has 0 saturated carbocycles. The molecular formula is C22H19N2+. The smallest absolute Gasteiger partial charge is 0.212 e. The van der Waals surface area contributed by atoms with Crippen LogP contribution in [0.5, 0.6) is 0 Å². The number of pyridine rings is 2. The highest BCUT2D eigenvalue weighted by Gasteiger charge is 2.13. The Hall–Kier alpha value is -3.00. The van der Waals surface area contributed by atoms with Gasteiger partial charge in [0.05, 0.1) is 16.8 Å². The molecule has 2 heterocycles. The maximum atomic E-state index is 4.84. The summed E-state index contributed by atoms with van der Waals surface area (Å²) in [4.78, 5) is 4.84. The van der Waals surface area contributed by atoms with Crippen LogP contribution in [0.4, 0.5) is 0 Å². The second-order valence-corrected chi connectivity index (χ2v) is 6.26. The quantitative estimate of drug-likeness (QED) is 0.388. The Labute approximate surface area is 141 Å². The molecule has 2 aromatic carbocycles. The van der Waals surface area contributed by atoms with Crippen LogP contribution in [0, 0.1) is 0 Å². The van der Waals surface area contributed by atoms with E-state index in [-0.39, 0.29) is 0 Å². The summed E-state index contributed by atoms with van der Waals surface area (Å²) in [6.45, 7) is 6.93. The van der Waals surface area contributed by atoms with E-state index in [0.717, 1.165) is 34.3 Å². The van der Waals surface area contributed by atoms with E-state index >= 15 is 0 Å². The van der Waals surface area contributed by atoms with Gasteiger partial charge in [-0.3, -0.25) is 0 Å². The molecule has 0 saturated heterocycles. The van der Waals surface area contributed by atoms with Crippen molar-refractivity contribution in [1.29, 1.82) is 0 Å². The van der Waals surface area contributed by atoms with Crippen LogP contribution in [0.25, 0.3) is 33.1 Å². The Bertz CT molecular complexity index is 1060. The molecule has 0 amide bonds. The van der Waals surface area contributed by atoms with Crippen LogP contribution in [0.1, 0.15) is 6.92 Å². The molecule has 0 spiro atoms. The first-order chi connectivity index (χ1) is 11.7. The molecule has 0 fully saturated rings. The standard InChI is InChI=1S/C22H19N2/c1-16(2)14-24-15-19(13-18-8-4-6-10-22(18)24)21-12-11-17-7-3-5-9-20(17)23-21/h3-13,15H,1,14H2,2H3/q+1. The average molecular weight is 311 g/mol. The Kier molecular flexibility index (Phi) is 3.58. The summed E-state index contributed by atoms with van der Waals surface area (Å²) in [6.07, 6.45) is 2.17. The summed E-state index contributed by atoms with van der Waals surface area (Å²) in [5.41, 5.74) is 5.49. The number of aromatic nitrogens is 2. The van der Waals surface area contributed by atoms with Crippen LogP contribution in [0.2, 0.25) is 0 Å². The lowest BCUT2D eigenvalue weighted by Crippen LogP contribution is -2.35. The van der Waals surface area contributed by atoms with Crippen molar-refractivity contribution in [2.75, 3.05) is 0 Å². The second kappa shape index (κ2) is 5.89. The number of fused-ring (bicyclic) bond motifs is 2. The first-order valence-electron chi connectivity index (χ1n) is 8.13. The van der Waals surface area contributed by atoms with Gasteiger partial charge in [-0.2, -0.15) is 4.57 Å². The molecule has 0 aliphatic rings. The van der Waals surface area contributed by atoms with Crippen molar-refractivity contribution in [1.82, 2.24) is 4.98 Å². The molecule has 0 radical (unpaired) electrons. The predicted molar refractivity (Wildman–Crippen MR) is 99.7 cm³/mol. The van der Waals surface area contributed by atoms with Crippen molar-refractivity contribution in [2.24, 2.45) is 0 Å². The Morgan fingerprint density at radius 3 is 2.54 bits per heavy atom. The third kappa shape index (κ3) is 2.67. The summed E-state index contributed by atoms with van der Waals surface area (Å²) in [5.74, 6) is 0. The van der Waals surface area contributed by atoms with Crippen molar-refractivity contribution in [2.45, 2.75) is 13.5 Å². The van der Waals surface area contributed by atoms with Gasteiger partial charge in [0.2, 0.25) is 5.52 Å². The monoisotopic (exact) mass is 311 g/mol. The lowest BCUT2D eigenvalue weighted by atomic mass is 10.1. The number of benzene rings is 2. The largest absolute Gasteiger partial charge is 0.248 e. The zero-order valence-electron chi connectivity index (χ0n) is 13.7. The zero-order chi connectivity index (χ0) is 16.5. The van der Waals surface area contributed by atoms with Gasteiger partial charge in [-0.25, -0.2) is 4.98 Å². The van der Waals surface area contributed by atoms with Gasteiger partial charge in [-0.05, 0) is 36.8 Å². The van der Waals surface area contributed by atoms with E-state index in [4.69, 9.17) is 4.98 Å². The second-order valence-electron chi connectivity index (χ2n) is 6.26. The van der Waals surface area contributed by atoms with Crippen molar-refractivity contribution < 1.29 is 4.57 Å². The topological polar surface area (TPSA) is 16.8 Å².